The molecule has 126 valence electrons. The van der Waals surface area contributed by atoms with Gasteiger partial charge in [-0.25, -0.2) is 5.43 Å². The van der Waals surface area contributed by atoms with E-state index in [-0.39, 0.29) is 5.91 Å². The summed E-state index contributed by atoms with van der Waals surface area (Å²) >= 11 is 1.63. The maximum Gasteiger partial charge on any atom is 0.281 e. The molecular weight excluding hydrogens is 316 g/mol. The third-order valence-corrected chi connectivity index (χ3v) is 5.68. The highest BCUT2D eigenvalue weighted by Gasteiger charge is 2.20. The van der Waals surface area contributed by atoms with E-state index in [1.807, 2.05) is 30.3 Å². The number of rotatable bonds is 5. The largest absolute Gasteiger partial charge is 0.281 e. The van der Waals surface area contributed by atoms with Gasteiger partial charge in [0.25, 0.3) is 5.91 Å². The third-order valence-electron chi connectivity index (χ3n) is 4.44. The molecular formula is C20H24N2OS. The predicted octanol–water partition coefficient (Wildman–Crippen LogP) is 4.81. The summed E-state index contributed by atoms with van der Waals surface area (Å²) in [7, 11) is 0. The molecule has 1 N–H and O–H groups in total. The van der Waals surface area contributed by atoms with Crippen molar-refractivity contribution in [1.29, 1.82) is 0 Å². The number of amides is 1. The highest BCUT2D eigenvalue weighted by Crippen LogP contribution is 2.32. The number of hydrogen-bond donors (Lipinski definition) is 1. The molecule has 2 aromatic rings. The van der Waals surface area contributed by atoms with Crippen LogP contribution in [0.5, 0.6) is 0 Å². The summed E-state index contributed by atoms with van der Waals surface area (Å²) < 4.78 is 0. The van der Waals surface area contributed by atoms with E-state index in [9.17, 15) is 4.79 Å². The number of fused-ring (bicyclic) bond motifs is 1. The average molecular weight is 340 g/mol. The summed E-state index contributed by atoms with van der Waals surface area (Å²) in [6.07, 6.45) is 5.26. The molecule has 1 aromatic heterocycles. The lowest BCUT2D eigenvalue weighted by Crippen LogP contribution is -2.19. The van der Waals surface area contributed by atoms with Gasteiger partial charge in [0, 0.05) is 4.88 Å². The fourth-order valence-electron chi connectivity index (χ4n) is 3.12. The highest BCUT2D eigenvalue weighted by molar-refractivity contribution is 7.14. The summed E-state index contributed by atoms with van der Waals surface area (Å²) in [5.41, 5.74) is 6.11. The molecule has 0 radical (unpaired) electrons. The van der Waals surface area contributed by atoms with Crippen LogP contribution in [0.25, 0.3) is 0 Å². The van der Waals surface area contributed by atoms with Crippen LogP contribution in [0, 0.1) is 5.92 Å². The molecule has 0 fully saturated rings. The van der Waals surface area contributed by atoms with Gasteiger partial charge < -0.3 is 0 Å². The van der Waals surface area contributed by atoms with Gasteiger partial charge in [-0.05, 0) is 48.8 Å². The van der Waals surface area contributed by atoms with Gasteiger partial charge in [0.15, 0.2) is 0 Å². The number of thiophene rings is 1. The number of nitrogens with zero attached hydrogens (tertiary/aromatic N) is 1. The molecule has 1 atom stereocenters. The zero-order valence-electron chi connectivity index (χ0n) is 14.3. The lowest BCUT2D eigenvalue weighted by Gasteiger charge is -2.16. The summed E-state index contributed by atoms with van der Waals surface area (Å²) in [5.74, 6) is 0.627. The Hall–Kier alpha value is -1.94. The van der Waals surface area contributed by atoms with Gasteiger partial charge in [0.2, 0.25) is 0 Å². The van der Waals surface area contributed by atoms with Crippen LogP contribution < -0.4 is 5.43 Å². The zero-order valence-corrected chi connectivity index (χ0v) is 15.2. The topological polar surface area (TPSA) is 41.5 Å². The second-order valence-corrected chi connectivity index (χ2v) is 7.66. The Morgan fingerprint density at radius 2 is 2.12 bits per heavy atom. The van der Waals surface area contributed by atoms with E-state index >= 15 is 0 Å². The first kappa shape index (κ1) is 16.9. The van der Waals surface area contributed by atoms with Crippen LogP contribution in [-0.4, -0.2) is 11.6 Å². The van der Waals surface area contributed by atoms with Crippen molar-refractivity contribution in [1.82, 2.24) is 5.43 Å². The van der Waals surface area contributed by atoms with Gasteiger partial charge in [0.1, 0.15) is 0 Å². The number of aryl methyl sites for hydroxylation is 1. The fraction of sp³-hybridized carbons (Fsp3) is 0.400. The Morgan fingerprint density at radius 1 is 1.33 bits per heavy atom. The summed E-state index contributed by atoms with van der Waals surface area (Å²) in [6, 6.07) is 12.1. The van der Waals surface area contributed by atoms with E-state index in [4.69, 9.17) is 0 Å². The smallest absolute Gasteiger partial charge is 0.266 e. The molecule has 0 spiro atoms. The van der Waals surface area contributed by atoms with Crippen LogP contribution in [0.3, 0.4) is 0 Å². The predicted molar refractivity (Wildman–Crippen MR) is 101 cm³/mol. The van der Waals surface area contributed by atoms with Crippen LogP contribution >= 0.6 is 11.3 Å². The summed E-state index contributed by atoms with van der Waals surface area (Å²) in [5, 5.41) is 4.40. The number of hydrazone groups is 1. The Balaban J connectivity index is 1.74. The maximum absolute atomic E-state index is 12.5. The number of carbonyl (C=O) groups is 1. The van der Waals surface area contributed by atoms with Crippen molar-refractivity contribution in [3.63, 3.8) is 0 Å². The van der Waals surface area contributed by atoms with E-state index in [2.05, 4.69) is 30.4 Å². The fourth-order valence-corrected chi connectivity index (χ4v) is 4.22. The quantitative estimate of drug-likeness (QED) is 0.616. The van der Waals surface area contributed by atoms with Crippen molar-refractivity contribution in [3.05, 3.63) is 57.3 Å². The van der Waals surface area contributed by atoms with Gasteiger partial charge in [-0.15, -0.1) is 11.3 Å². The zero-order chi connectivity index (χ0) is 16.9. The molecule has 1 heterocycles. The number of carbonyl (C=O) groups excluding carboxylic acids is 1. The number of benzene rings is 1. The molecule has 0 saturated carbocycles. The van der Waals surface area contributed by atoms with Crippen LogP contribution in [0.4, 0.5) is 0 Å². The lowest BCUT2D eigenvalue weighted by molar-refractivity contribution is 0.0958. The molecule has 3 rings (SSSR count). The van der Waals surface area contributed by atoms with Crippen molar-refractivity contribution >= 4 is 23.0 Å². The van der Waals surface area contributed by atoms with Crippen molar-refractivity contribution in [2.45, 2.75) is 46.0 Å². The van der Waals surface area contributed by atoms with E-state index in [1.54, 1.807) is 11.3 Å². The van der Waals surface area contributed by atoms with Gasteiger partial charge in [-0.3, -0.25) is 4.79 Å². The van der Waals surface area contributed by atoms with Crippen molar-refractivity contribution in [2.24, 2.45) is 11.0 Å². The Kier molecular flexibility index (Phi) is 5.46. The first-order chi connectivity index (χ1) is 11.7. The number of nitrogens with one attached hydrogen (secondary N) is 1. The molecule has 0 aliphatic heterocycles. The number of hydrogen-bond acceptors (Lipinski definition) is 3. The van der Waals surface area contributed by atoms with Gasteiger partial charge in [-0.2, -0.15) is 5.10 Å². The molecule has 1 amide bonds. The van der Waals surface area contributed by atoms with Crippen molar-refractivity contribution < 1.29 is 4.79 Å². The second kappa shape index (κ2) is 7.75. The lowest BCUT2D eigenvalue weighted by atomic mass is 9.90. The summed E-state index contributed by atoms with van der Waals surface area (Å²) in [4.78, 5) is 14.6. The van der Waals surface area contributed by atoms with Gasteiger partial charge >= 0.3 is 0 Å². The normalized spacial score (nSPS) is 17.4. The van der Waals surface area contributed by atoms with Crippen molar-refractivity contribution in [2.75, 3.05) is 0 Å². The monoisotopic (exact) mass is 340 g/mol. The molecule has 1 aliphatic rings. The molecule has 3 nitrogen and oxygen atoms in total. The minimum absolute atomic E-state index is 0.0911. The van der Waals surface area contributed by atoms with Crippen LogP contribution in [-0.2, 0) is 12.8 Å². The molecule has 0 saturated heterocycles. The summed E-state index contributed by atoms with van der Waals surface area (Å²) in [6.45, 7) is 4.40. The standard InChI is InChI=1S/C20H24N2OS/c1-3-7-17(15-8-5-4-6-9-15)21-22-20(23)19-13-16-12-14(2)10-11-18(16)24-19/h4-6,8-9,13-14H,3,7,10-12H2,1-2H3,(H,22,23)/b21-17-/t14-/m0/s1. The van der Waals surface area contributed by atoms with Crippen LogP contribution in [0.1, 0.15) is 58.8 Å². The Labute approximate surface area is 147 Å². The molecule has 0 bridgehead atoms. The van der Waals surface area contributed by atoms with E-state index in [0.717, 1.165) is 47.8 Å². The average Bonchev–Trinajstić information content (AvgIpc) is 3.02. The molecule has 4 heteroatoms. The van der Waals surface area contributed by atoms with Crippen LogP contribution in [0.15, 0.2) is 41.5 Å². The highest BCUT2D eigenvalue weighted by atomic mass is 32.1. The SMILES string of the molecule is CCC/C(=N/NC(=O)c1cc2c(s1)CC[C@H](C)C2)c1ccccc1. The Morgan fingerprint density at radius 3 is 2.88 bits per heavy atom. The van der Waals surface area contributed by atoms with Gasteiger partial charge in [-0.1, -0.05) is 50.6 Å². The maximum atomic E-state index is 12.5. The third kappa shape index (κ3) is 3.93. The minimum Gasteiger partial charge on any atom is -0.266 e. The first-order valence-corrected chi connectivity index (χ1v) is 9.53. The van der Waals surface area contributed by atoms with E-state index in [0.29, 0.717) is 0 Å². The molecule has 0 unspecified atom stereocenters. The van der Waals surface area contributed by atoms with E-state index < -0.39 is 0 Å². The first-order valence-electron chi connectivity index (χ1n) is 8.71. The minimum atomic E-state index is -0.0911. The van der Waals surface area contributed by atoms with Gasteiger partial charge in [0.05, 0.1) is 10.6 Å². The van der Waals surface area contributed by atoms with Crippen molar-refractivity contribution in [3.8, 4) is 0 Å². The van der Waals surface area contributed by atoms with Crippen LogP contribution in [0.2, 0.25) is 0 Å². The van der Waals surface area contributed by atoms with E-state index in [1.165, 1.54) is 16.9 Å². The second-order valence-electron chi connectivity index (χ2n) is 6.52. The Bertz CT molecular complexity index is 733. The molecule has 24 heavy (non-hydrogen) atoms. The molecule has 1 aliphatic carbocycles. The molecule has 1 aromatic carbocycles.